The van der Waals surface area contributed by atoms with E-state index in [0.717, 1.165) is 11.8 Å². The average molecular weight is 132 g/mol. The van der Waals surface area contributed by atoms with Crippen LogP contribution in [0.15, 0.2) is 12.3 Å². The molecule has 0 unspecified atom stereocenters. The molecule has 0 radical (unpaired) electrons. The van der Waals surface area contributed by atoms with Gasteiger partial charge in [0.25, 0.3) is 0 Å². The molecule has 0 amide bonds. The van der Waals surface area contributed by atoms with Gasteiger partial charge in [0, 0.05) is 6.92 Å². The fraction of sp³-hybridized carbons (Fsp3) is 0.400. The second-order valence-electron chi connectivity index (χ2n) is 1.35. The summed E-state index contributed by atoms with van der Waals surface area (Å²) in [6.07, 6.45) is 0. The van der Waals surface area contributed by atoms with Crippen molar-refractivity contribution in [1.29, 1.82) is 0 Å². The lowest BCUT2D eigenvalue weighted by Gasteiger charge is -1.90. The maximum atomic E-state index is 10.2. The van der Waals surface area contributed by atoms with Crippen molar-refractivity contribution in [3.63, 3.8) is 0 Å². The van der Waals surface area contributed by atoms with Gasteiger partial charge in [0.2, 0.25) is 0 Å². The van der Waals surface area contributed by atoms with E-state index in [1.165, 1.54) is 6.92 Å². The molecule has 0 bridgehead atoms. The Morgan fingerprint density at radius 2 is 2.38 bits per heavy atom. The summed E-state index contributed by atoms with van der Waals surface area (Å²) in [5.41, 5.74) is 0. The van der Waals surface area contributed by atoms with Crippen LogP contribution in [0.5, 0.6) is 0 Å². The molecule has 0 aliphatic heterocycles. The Hall–Kier alpha value is -0.440. The molecule has 0 fully saturated rings. The summed E-state index contributed by atoms with van der Waals surface area (Å²) in [4.78, 5) is 10.2. The highest BCUT2D eigenvalue weighted by Crippen LogP contribution is 2.03. The van der Waals surface area contributed by atoms with E-state index in [1.807, 2.05) is 0 Å². The van der Waals surface area contributed by atoms with Gasteiger partial charge in [-0.25, -0.2) is 0 Å². The second-order valence-corrected chi connectivity index (χ2v) is 2.50. The molecule has 0 rings (SSSR count). The van der Waals surface area contributed by atoms with Crippen LogP contribution in [-0.4, -0.2) is 16.0 Å². The Labute approximate surface area is 52.6 Å². The van der Waals surface area contributed by atoms with Gasteiger partial charge in [-0.1, -0.05) is 18.3 Å². The minimum Gasteiger partial charge on any atom is -0.512 e. The first-order chi connectivity index (χ1) is 3.63. The van der Waals surface area contributed by atoms with Crippen LogP contribution in [-0.2, 0) is 4.79 Å². The second kappa shape index (κ2) is 3.55. The molecule has 0 heterocycles. The van der Waals surface area contributed by atoms with Crippen LogP contribution in [0, 0.1) is 0 Å². The highest BCUT2D eigenvalue weighted by molar-refractivity contribution is 8.13. The zero-order valence-electron chi connectivity index (χ0n) is 4.68. The largest absolute Gasteiger partial charge is 0.512 e. The summed E-state index contributed by atoms with van der Waals surface area (Å²) >= 11 is 1.05. The maximum Gasteiger partial charge on any atom is 0.186 e. The van der Waals surface area contributed by atoms with Crippen molar-refractivity contribution in [3.05, 3.63) is 12.3 Å². The first-order valence-electron chi connectivity index (χ1n) is 2.13. The lowest BCUT2D eigenvalue weighted by atomic mass is 10.7. The number of rotatable bonds is 2. The molecule has 1 N–H and O–H groups in total. The molecule has 2 nitrogen and oxygen atoms in total. The lowest BCUT2D eigenvalue weighted by Crippen LogP contribution is -1.87. The van der Waals surface area contributed by atoms with Gasteiger partial charge in [-0.15, -0.1) is 0 Å². The van der Waals surface area contributed by atoms with Crippen molar-refractivity contribution in [2.75, 3.05) is 5.75 Å². The molecule has 0 aliphatic carbocycles. The number of aliphatic hydroxyl groups is 1. The third-order valence-corrected chi connectivity index (χ3v) is 1.33. The van der Waals surface area contributed by atoms with Crippen molar-refractivity contribution >= 4 is 16.9 Å². The third-order valence-electron chi connectivity index (χ3n) is 0.442. The van der Waals surface area contributed by atoms with E-state index >= 15 is 0 Å². The summed E-state index contributed by atoms with van der Waals surface area (Å²) < 4.78 is 0. The zero-order chi connectivity index (χ0) is 6.57. The van der Waals surface area contributed by atoms with E-state index in [2.05, 4.69) is 6.58 Å². The smallest absolute Gasteiger partial charge is 0.186 e. The summed E-state index contributed by atoms with van der Waals surface area (Å²) in [7, 11) is 0. The molecule has 46 valence electrons. The van der Waals surface area contributed by atoms with E-state index in [-0.39, 0.29) is 10.9 Å². The van der Waals surface area contributed by atoms with Gasteiger partial charge in [-0.3, -0.25) is 4.79 Å². The van der Waals surface area contributed by atoms with Gasteiger partial charge in [0.1, 0.15) is 0 Å². The number of hydrogen-bond acceptors (Lipinski definition) is 3. The molecule has 0 aromatic rings. The van der Waals surface area contributed by atoms with E-state index < -0.39 is 0 Å². The molecule has 0 saturated heterocycles. The van der Waals surface area contributed by atoms with E-state index in [9.17, 15) is 4.79 Å². The SMILES string of the molecule is C=C(O)CSC(C)=O. The minimum absolute atomic E-state index is 0.000185. The molecule has 3 heteroatoms. The molecule has 8 heavy (non-hydrogen) atoms. The number of aliphatic hydroxyl groups excluding tert-OH is 1. The van der Waals surface area contributed by atoms with Crippen LogP contribution in [0.2, 0.25) is 0 Å². The van der Waals surface area contributed by atoms with E-state index in [1.54, 1.807) is 0 Å². The highest BCUT2D eigenvalue weighted by Gasteiger charge is 1.93. The minimum atomic E-state index is 0.000185. The van der Waals surface area contributed by atoms with Crippen molar-refractivity contribution in [2.24, 2.45) is 0 Å². The number of thioether (sulfide) groups is 1. The first-order valence-corrected chi connectivity index (χ1v) is 3.11. The van der Waals surface area contributed by atoms with Crippen LogP contribution >= 0.6 is 11.8 Å². The van der Waals surface area contributed by atoms with Gasteiger partial charge in [0.15, 0.2) is 5.12 Å². The topological polar surface area (TPSA) is 37.3 Å². The van der Waals surface area contributed by atoms with Crippen molar-refractivity contribution in [3.8, 4) is 0 Å². The summed E-state index contributed by atoms with van der Waals surface area (Å²) in [6, 6.07) is 0. The number of carbonyl (C=O) groups excluding carboxylic acids is 1. The fourth-order valence-electron chi connectivity index (χ4n) is 0.185. The Kier molecular flexibility index (Phi) is 3.35. The summed E-state index contributed by atoms with van der Waals surface area (Å²) in [5, 5.41) is 8.43. The highest BCUT2D eigenvalue weighted by atomic mass is 32.2. The van der Waals surface area contributed by atoms with Gasteiger partial charge in [-0.2, -0.15) is 0 Å². The Morgan fingerprint density at radius 3 is 2.50 bits per heavy atom. The molecule has 0 saturated carbocycles. The zero-order valence-corrected chi connectivity index (χ0v) is 5.49. The van der Waals surface area contributed by atoms with Crippen LogP contribution in [0.3, 0.4) is 0 Å². The van der Waals surface area contributed by atoms with E-state index in [0.29, 0.717) is 5.75 Å². The molecule has 0 aliphatic rings. The van der Waals surface area contributed by atoms with Crippen LogP contribution < -0.4 is 0 Å². The van der Waals surface area contributed by atoms with Gasteiger partial charge >= 0.3 is 0 Å². The van der Waals surface area contributed by atoms with Crippen molar-refractivity contribution in [1.82, 2.24) is 0 Å². The molecular weight excluding hydrogens is 124 g/mol. The normalized spacial score (nSPS) is 8.62. The summed E-state index contributed by atoms with van der Waals surface area (Å²) in [6.45, 7) is 4.66. The fourth-order valence-corrected chi connectivity index (χ4v) is 0.555. The lowest BCUT2D eigenvalue weighted by molar-refractivity contribution is -0.109. The molecule has 0 aromatic heterocycles. The third kappa shape index (κ3) is 5.56. The van der Waals surface area contributed by atoms with Gasteiger partial charge in [-0.05, 0) is 0 Å². The predicted octanol–water partition coefficient (Wildman–Crippen LogP) is 1.34. The van der Waals surface area contributed by atoms with Crippen LogP contribution in [0.25, 0.3) is 0 Å². The predicted molar refractivity (Wildman–Crippen MR) is 34.9 cm³/mol. The number of carbonyl (C=O) groups is 1. The van der Waals surface area contributed by atoms with Crippen molar-refractivity contribution in [2.45, 2.75) is 6.92 Å². The molecular formula is C5H8O2S. The van der Waals surface area contributed by atoms with Crippen LogP contribution in [0.4, 0.5) is 0 Å². The maximum absolute atomic E-state index is 10.2. The number of hydrogen-bond donors (Lipinski definition) is 1. The average Bonchev–Trinajstić information content (AvgIpc) is 1.61. The first kappa shape index (κ1) is 7.56. The Morgan fingerprint density at radius 1 is 1.88 bits per heavy atom. The Bertz CT molecular complexity index is 95.0. The summed E-state index contributed by atoms with van der Waals surface area (Å²) in [5.74, 6) is 0.361. The quantitative estimate of drug-likeness (QED) is 0.576. The van der Waals surface area contributed by atoms with Crippen LogP contribution in [0.1, 0.15) is 6.92 Å². The molecule has 0 atom stereocenters. The standard InChI is InChI=1S/C5H8O2S/c1-4(6)3-8-5(2)7/h6H,1,3H2,2H3. The molecule has 0 aromatic carbocycles. The Balaban J connectivity index is 3.18. The van der Waals surface area contributed by atoms with E-state index in [4.69, 9.17) is 5.11 Å². The monoisotopic (exact) mass is 132 g/mol. The molecule has 0 spiro atoms. The van der Waals surface area contributed by atoms with Gasteiger partial charge in [0.05, 0.1) is 11.5 Å². The van der Waals surface area contributed by atoms with Gasteiger partial charge < -0.3 is 5.11 Å². The van der Waals surface area contributed by atoms with Crippen molar-refractivity contribution < 1.29 is 9.90 Å².